The molecule has 0 radical (unpaired) electrons. The number of aromatic nitrogens is 1. The van der Waals surface area contributed by atoms with Gasteiger partial charge in [-0.25, -0.2) is 0 Å². The average Bonchev–Trinajstić information content (AvgIpc) is 3.23. The number of rotatable bonds is 10. The molecule has 1 heterocycles. The van der Waals surface area contributed by atoms with Crippen molar-refractivity contribution >= 4 is 17.6 Å². The van der Waals surface area contributed by atoms with E-state index in [-0.39, 0.29) is 18.4 Å². The Morgan fingerprint density at radius 2 is 2.08 bits per heavy atom. The smallest absolute Gasteiger partial charge is 0.245 e. The van der Waals surface area contributed by atoms with E-state index in [1.807, 2.05) is 0 Å². The maximum absolute atomic E-state index is 12.6. The summed E-state index contributed by atoms with van der Waals surface area (Å²) in [7, 11) is 0. The summed E-state index contributed by atoms with van der Waals surface area (Å²) < 4.78 is 4.95. The van der Waals surface area contributed by atoms with Gasteiger partial charge in [-0.1, -0.05) is 50.6 Å². The summed E-state index contributed by atoms with van der Waals surface area (Å²) in [6, 6.07) is 1.67. The van der Waals surface area contributed by atoms with E-state index in [0.29, 0.717) is 30.5 Å². The zero-order valence-electron chi connectivity index (χ0n) is 15.6. The van der Waals surface area contributed by atoms with Crippen LogP contribution in [0, 0.1) is 12.8 Å². The van der Waals surface area contributed by atoms with Crippen molar-refractivity contribution in [3.8, 4) is 0 Å². The Labute approximate surface area is 150 Å². The van der Waals surface area contributed by atoms with Crippen molar-refractivity contribution in [3.63, 3.8) is 0 Å². The Kier molecular flexibility index (Phi) is 7.95. The van der Waals surface area contributed by atoms with E-state index in [0.717, 1.165) is 25.7 Å². The summed E-state index contributed by atoms with van der Waals surface area (Å²) in [5, 5.41) is 6.46. The molecule has 1 saturated carbocycles. The van der Waals surface area contributed by atoms with Gasteiger partial charge in [-0.3, -0.25) is 9.59 Å². The van der Waals surface area contributed by atoms with Crippen LogP contribution in [0.3, 0.4) is 0 Å². The molecular weight excluding hydrogens is 318 g/mol. The number of nitrogens with zero attached hydrogens (tertiary/aromatic N) is 2. The maximum atomic E-state index is 12.6. The summed E-state index contributed by atoms with van der Waals surface area (Å²) in [6.07, 6.45) is 9.66. The molecule has 1 N–H and O–H groups in total. The summed E-state index contributed by atoms with van der Waals surface area (Å²) in [5.41, 5.74) is 0. The molecule has 1 aliphatic rings. The summed E-state index contributed by atoms with van der Waals surface area (Å²) in [6.45, 7) is 4.62. The van der Waals surface area contributed by atoms with Crippen molar-refractivity contribution in [1.29, 1.82) is 0 Å². The molecule has 1 aromatic heterocycles. The normalized spacial score (nSPS) is 14.6. The minimum atomic E-state index is -0.223. The van der Waals surface area contributed by atoms with Crippen molar-refractivity contribution in [3.05, 3.63) is 11.8 Å². The first-order chi connectivity index (χ1) is 12.1. The van der Waals surface area contributed by atoms with Gasteiger partial charge in [0.1, 0.15) is 5.76 Å². The van der Waals surface area contributed by atoms with Crippen LogP contribution in [0.15, 0.2) is 10.6 Å². The van der Waals surface area contributed by atoms with Crippen molar-refractivity contribution in [2.75, 3.05) is 18.4 Å². The van der Waals surface area contributed by atoms with Crippen LogP contribution >= 0.6 is 0 Å². The molecule has 0 unspecified atom stereocenters. The Hall–Kier alpha value is -1.85. The number of amides is 2. The SMILES string of the molecule is CCCCCN(CC(=O)Nc1cc(C)on1)C(=O)CCC1CCCC1. The Morgan fingerprint density at radius 1 is 1.32 bits per heavy atom. The van der Waals surface area contributed by atoms with Crippen LogP contribution in [0.1, 0.15) is 70.5 Å². The first kappa shape index (κ1) is 19.5. The van der Waals surface area contributed by atoms with Gasteiger partial charge < -0.3 is 14.7 Å². The monoisotopic (exact) mass is 349 g/mol. The number of carbonyl (C=O) groups excluding carboxylic acids is 2. The minimum absolute atomic E-state index is 0.0825. The molecule has 2 rings (SSSR count). The van der Waals surface area contributed by atoms with Gasteiger partial charge in [-0.05, 0) is 25.7 Å². The minimum Gasteiger partial charge on any atom is -0.360 e. The number of carbonyl (C=O) groups is 2. The van der Waals surface area contributed by atoms with Crippen LogP contribution < -0.4 is 5.32 Å². The fourth-order valence-corrected chi connectivity index (χ4v) is 3.41. The van der Waals surface area contributed by atoms with Crippen molar-refractivity contribution in [2.24, 2.45) is 5.92 Å². The van der Waals surface area contributed by atoms with E-state index >= 15 is 0 Å². The van der Waals surface area contributed by atoms with E-state index in [1.54, 1.807) is 17.9 Å². The molecule has 0 bridgehead atoms. The second kappa shape index (κ2) is 10.2. The molecule has 0 saturated heterocycles. The standard InChI is InChI=1S/C19H31N3O3/c1-3-4-7-12-22(19(24)11-10-16-8-5-6-9-16)14-18(23)20-17-13-15(2)25-21-17/h13,16H,3-12,14H2,1-2H3,(H,20,21,23). The Morgan fingerprint density at radius 3 is 2.72 bits per heavy atom. The fourth-order valence-electron chi connectivity index (χ4n) is 3.41. The van der Waals surface area contributed by atoms with Crippen LogP contribution in [-0.4, -0.2) is 35.0 Å². The lowest BCUT2D eigenvalue weighted by molar-refractivity contribution is -0.135. The quantitative estimate of drug-likeness (QED) is 0.650. The maximum Gasteiger partial charge on any atom is 0.245 e. The lowest BCUT2D eigenvalue weighted by Crippen LogP contribution is -2.38. The third-order valence-electron chi connectivity index (χ3n) is 4.86. The van der Waals surface area contributed by atoms with Gasteiger partial charge in [0, 0.05) is 19.0 Å². The average molecular weight is 349 g/mol. The Bertz CT molecular complexity index is 550. The Balaban J connectivity index is 1.84. The second-order valence-corrected chi connectivity index (χ2v) is 7.08. The van der Waals surface area contributed by atoms with Gasteiger partial charge in [0.2, 0.25) is 11.8 Å². The molecule has 0 atom stereocenters. The molecule has 0 aromatic carbocycles. The van der Waals surface area contributed by atoms with Crippen LogP contribution in [0.2, 0.25) is 0 Å². The highest BCUT2D eigenvalue weighted by Gasteiger charge is 2.21. The molecule has 6 heteroatoms. The molecule has 2 amide bonds. The zero-order valence-corrected chi connectivity index (χ0v) is 15.6. The lowest BCUT2D eigenvalue weighted by Gasteiger charge is -2.22. The van der Waals surface area contributed by atoms with Crippen LogP contribution in [0.5, 0.6) is 0 Å². The van der Waals surface area contributed by atoms with Crippen LogP contribution in [0.4, 0.5) is 5.82 Å². The molecule has 1 aliphatic carbocycles. The van der Waals surface area contributed by atoms with E-state index in [1.165, 1.54) is 25.7 Å². The summed E-state index contributed by atoms with van der Waals surface area (Å²) in [5.74, 6) is 1.60. The van der Waals surface area contributed by atoms with Gasteiger partial charge in [-0.2, -0.15) is 0 Å². The molecular formula is C19H31N3O3. The van der Waals surface area contributed by atoms with Gasteiger partial charge >= 0.3 is 0 Å². The fraction of sp³-hybridized carbons (Fsp3) is 0.737. The predicted molar refractivity (Wildman–Crippen MR) is 97.2 cm³/mol. The third-order valence-corrected chi connectivity index (χ3v) is 4.86. The zero-order chi connectivity index (χ0) is 18.1. The van der Waals surface area contributed by atoms with Gasteiger partial charge in [0.05, 0.1) is 6.54 Å². The van der Waals surface area contributed by atoms with Crippen molar-refractivity contribution in [2.45, 2.75) is 71.6 Å². The summed E-state index contributed by atoms with van der Waals surface area (Å²) >= 11 is 0. The van der Waals surface area contributed by atoms with Gasteiger partial charge in [0.15, 0.2) is 5.82 Å². The first-order valence-electron chi connectivity index (χ1n) is 9.59. The molecule has 1 aromatic rings. The number of hydrogen-bond donors (Lipinski definition) is 1. The van der Waals surface area contributed by atoms with E-state index in [2.05, 4.69) is 17.4 Å². The lowest BCUT2D eigenvalue weighted by atomic mass is 10.0. The number of unbranched alkanes of at least 4 members (excludes halogenated alkanes) is 2. The highest BCUT2D eigenvalue weighted by molar-refractivity contribution is 5.93. The number of hydrogen-bond acceptors (Lipinski definition) is 4. The summed E-state index contributed by atoms with van der Waals surface area (Å²) in [4.78, 5) is 26.5. The highest BCUT2D eigenvalue weighted by atomic mass is 16.5. The molecule has 0 aliphatic heterocycles. The largest absolute Gasteiger partial charge is 0.360 e. The molecule has 140 valence electrons. The third kappa shape index (κ3) is 6.88. The predicted octanol–water partition coefficient (Wildman–Crippen LogP) is 3.91. The molecule has 0 spiro atoms. The topological polar surface area (TPSA) is 75.4 Å². The van der Waals surface area contributed by atoms with Crippen molar-refractivity contribution in [1.82, 2.24) is 10.1 Å². The van der Waals surface area contributed by atoms with Crippen LogP contribution in [0.25, 0.3) is 0 Å². The highest BCUT2D eigenvalue weighted by Crippen LogP contribution is 2.28. The molecule has 1 fully saturated rings. The van der Waals surface area contributed by atoms with E-state index in [9.17, 15) is 9.59 Å². The molecule has 6 nitrogen and oxygen atoms in total. The number of aryl methyl sites for hydroxylation is 1. The van der Waals surface area contributed by atoms with Gasteiger partial charge in [-0.15, -0.1) is 0 Å². The van der Waals surface area contributed by atoms with Crippen LogP contribution in [-0.2, 0) is 9.59 Å². The number of anilines is 1. The number of nitrogens with one attached hydrogen (secondary N) is 1. The van der Waals surface area contributed by atoms with E-state index < -0.39 is 0 Å². The second-order valence-electron chi connectivity index (χ2n) is 7.08. The molecule has 25 heavy (non-hydrogen) atoms. The first-order valence-corrected chi connectivity index (χ1v) is 9.59. The van der Waals surface area contributed by atoms with Crippen molar-refractivity contribution < 1.29 is 14.1 Å². The van der Waals surface area contributed by atoms with Gasteiger partial charge in [0.25, 0.3) is 0 Å². The van der Waals surface area contributed by atoms with E-state index in [4.69, 9.17) is 4.52 Å².